The largest absolute Gasteiger partial charge is 0.456 e. The van der Waals surface area contributed by atoms with E-state index in [4.69, 9.17) is 4.42 Å². The molecule has 0 aliphatic heterocycles. The van der Waals surface area contributed by atoms with Gasteiger partial charge in [0.2, 0.25) is 0 Å². The van der Waals surface area contributed by atoms with Crippen molar-refractivity contribution in [3.63, 3.8) is 0 Å². The Morgan fingerprint density at radius 3 is 2.45 bits per heavy atom. The van der Waals surface area contributed by atoms with Crippen LogP contribution < -0.4 is 15.5 Å². The molecule has 2 aromatic heterocycles. The van der Waals surface area contributed by atoms with Crippen molar-refractivity contribution in [2.45, 2.75) is 45.1 Å². The number of fused-ring (bicyclic) bond motifs is 11. The van der Waals surface area contributed by atoms with Crippen LogP contribution in [0.4, 0.5) is 11.4 Å². The first kappa shape index (κ1) is 30.9. The first-order valence-corrected chi connectivity index (χ1v) is 19.7. The highest BCUT2D eigenvalue weighted by molar-refractivity contribution is 6.18. The van der Waals surface area contributed by atoms with Gasteiger partial charge in [-0.2, -0.15) is 0 Å². The van der Waals surface area contributed by atoms with Crippen molar-refractivity contribution in [3.05, 3.63) is 143 Å². The molecule has 0 fully saturated rings. The van der Waals surface area contributed by atoms with Crippen LogP contribution in [0.5, 0.6) is 0 Å². The maximum atomic E-state index is 6.36. The second kappa shape index (κ2) is 11.5. The van der Waals surface area contributed by atoms with Crippen LogP contribution in [0.2, 0.25) is 0 Å². The number of aromatic nitrogens is 1. The topological polar surface area (TPSA) is 21.3 Å². The van der Waals surface area contributed by atoms with Crippen LogP contribution in [0.1, 0.15) is 50.2 Å². The van der Waals surface area contributed by atoms with Crippen molar-refractivity contribution >= 4 is 78.8 Å². The second-order valence-corrected chi connectivity index (χ2v) is 15.9. The molecule has 0 bridgehead atoms. The Balaban J connectivity index is 1.10. The smallest absolute Gasteiger partial charge is 0.135 e. The molecule has 8 aromatic rings. The van der Waals surface area contributed by atoms with Crippen LogP contribution in [0, 0.1) is 17.8 Å². The van der Waals surface area contributed by atoms with E-state index in [0.717, 1.165) is 47.0 Å². The average Bonchev–Trinajstić information content (AvgIpc) is 3.87. The molecule has 0 amide bonds. The van der Waals surface area contributed by atoms with Gasteiger partial charge in [-0.3, -0.25) is 0 Å². The van der Waals surface area contributed by atoms with Gasteiger partial charge in [-0.1, -0.05) is 111 Å². The molecular weight excluding hydrogens is 669 g/mol. The lowest BCUT2D eigenvalue weighted by Gasteiger charge is -2.33. The molecule has 0 saturated carbocycles. The standard InChI is InChI=1S/C52H38N2O/c1-31-17-19-34(20-18-31)54-47-15-5-3-11-38(47)39-24-21-37(30-48(39)54)53(36-23-26-50-46(29-36)40-12-4-6-16-49(40)55-50)35-22-25-43-45(28-35)42-14-8-10-33-27-44-32(2)9-7-13-41(44)52(43)51(33)42/h3-8,10-16,19,21-22,24-32,36H,9,17,23H2,1-2H3. The normalized spacial score (nSPS) is 19.0. The number of hydrogen-bond acceptors (Lipinski definition) is 2. The number of nitrogens with zero attached hydrogens (tertiary/aromatic N) is 2. The van der Waals surface area contributed by atoms with E-state index in [1.807, 2.05) is 0 Å². The summed E-state index contributed by atoms with van der Waals surface area (Å²) in [5.41, 5.74) is 15.9. The van der Waals surface area contributed by atoms with Gasteiger partial charge in [0, 0.05) is 38.7 Å². The fraction of sp³-hybridized carbons (Fsp3) is 0.154. The van der Waals surface area contributed by atoms with E-state index in [-0.39, 0.29) is 6.04 Å². The maximum Gasteiger partial charge on any atom is 0.135 e. The molecule has 12 rings (SSSR count). The molecule has 3 unspecified atom stereocenters. The van der Waals surface area contributed by atoms with Crippen LogP contribution >= 0.6 is 0 Å². The number of anilines is 2. The van der Waals surface area contributed by atoms with E-state index in [2.05, 4.69) is 175 Å². The highest BCUT2D eigenvalue weighted by atomic mass is 16.3. The predicted molar refractivity (Wildman–Crippen MR) is 231 cm³/mol. The minimum absolute atomic E-state index is 0.0625. The summed E-state index contributed by atoms with van der Waals surface area (Å²) in [5.74, 6) is 7.88. The summed E-state index contributed by atoms with van der Waals surface area (Å²) in [6.07, 6.45) is 14.6. The zero-order valence-corrected chi connectivity index (χ0v) is 30.9. The molecule has 2 heterocycles. The van der Waals surface area contributed by atoms with E-state index in [1.165, 1.54) is 76.9 Å². The van der Waals surface area contributed by atoms with Crippen LogP contribution in [-0.2, 0) is 0 Å². The molecular formula is C52H38N2O. The molecule has 3 nitrogen and oxygen atoms in total. The van der Waals surface area contributed by atoms with Crippen molar-refractivity contribution in [1.82, 2.24) is 4.57 Å². The Labute approximate surface area is 319 Å². The summed E-state index contributed by atoms with van der Waals surface area (Å²) in [6, 6.07) is 40.8. The fourth-order valence-electron chi connectivity index (χ4n) is 9.94. The molecule has 0 N–H and O–H groups in total. The molecule has 0 spiro atoms. The highest BCUT2D eigenvalue weighted by Crippen LogP contribution is 2.53. The van der Waals surface area contributed by atoms with Crippen molar-refractivity contribution in [1.29, 1.82) is 0 Å². The van der Waals surface area contributed by atoms with E-state index in [1.54, 1.807) is 0 Å². The Hall–Kier alpha value is -6.50. The lowest BCUT2D eigenvalue weighted by atomic mass is 9.83. The SMILES string of the molecule is CC1C#CC(n2c3ccccc3c3ccc(N(c4ccc5c(c4)-c4cccc6cc7c(c-5c46)C=CCC7C)C4C=c5c(oc6ccccc56)=CC4)cc32)=CC1. The summed E-state index contributed by atoms with van der Waals surface area (Å²) >= 11 is 0. The summed E-state index contributed by atoms with van der Waals surface area (Å²) < 4.78 is 8.75. The third-order valence-corrected chi connectivity index (χ3v) is 12.6. The third kappa shape index (κ3) is 4.46. The summed E-state index contributed by atoms with van der Waals surface area (Å²) in [5, 5.41) is 7.55. The average molecular weight is 707 g/mol. The van der Waals surface area contributed by atoms with Gasteiger partial charge in [0.1, 0.15) is 11.0 Å². The van der Waals surface area contributed by atoms with Crippen molar-refractivity contribution in [3.8, 4) is 34.1 Å². The minimum atomic E-state index is 0.0625. The Morgan fingerprint density at radius 1 is 0.709 bits per heavy atom. The van der Waals surface area contributed by atoms with Gasteiger partial charge in [-0.15, -0.1) is 0 Å². The minimum Gasteiger partial charge on any atom is -0.456 e. The number of para-hydroxylation sites is 2. The quantitative estimate of drug-likeness (QED) is 0.170. The molecule has 262 valence electrons. The van der Waals surface area contributed by atoms with Crippen LogP contribution in [0.25, 0.3) is 89.7 Å². The van der Waals surface area contributed by atoms with Crippen molar-refractivity contribution in [2.75, 3.05) is 4.90 Å². The van der Waals surface area contributed by atoms with E-state index in [0.29, 0.717) is 11.8 Å². The van der Waals surface area contributed by atoms with Crippen molar-refractivity contribution < 1.29 is 4.42 Å². The predicted octanol–water partition coefficient (Wildman–Crippen LogP) is 11.9. The highest BCUT2D eigenvalue weighted by Gasteiger charge is 2.30. The summed E-state index contributed by atoms with van der Waals surface area (Å²) in [6.45, 7) is 4.57. The van der Waals surface area contributed by atoms with Gasteiger partial charge in [0.25, 0.3) is 0 Å². The zero-order chi connectivity index (χ0) is 36.4. The molecule has 3 atom stereocenters. The number of furan rings is 1. The van der Waals surface area contributed by atoms with E-state index < -0.39 is 0 Å². The maximum absolute atomic E-state index is 6.36. The van der Waals surface area contributed by atoms with Gasteiger partial charge in [0.05, 0.1) is 22.8 Å². The molecule has 55 heavy (non-hydrogen) atoms. The molecule has 0 radical (unpaired) electrons. The lowest BCUT2D eigenvalue weighted by molar-refractivity contribution is 0.569. The van der Waals surface area contributed by atoms with Gasteiger partial charge in [-0.25, -0.2) is 0 Å². The first-order chi connectivity index (χ1) is 27.1. The Kier molecular flexibility index (Phi) is 6.46. The molecule has 4 aliphatic carbocycles. The van der Waals surface area contributed by atoms with Gasteiger partial charge in [-0.05, 0) is 124 Å². The Bertz CT molecular complexity index is 3250. The Morgan fingerprint density at radius 2 is 1.55 bits per heavy atom. The summed E-state index contributed by atoms with van der Waals surface area (Å²) in [7, 11) is 0. The third-order valence-electron chi connectivity index (χ3n) is 12.6. The lowest BCUT2D eigenvalue weighted by Crippen LogP contribution is -2.36. The number of hydrogen-bond donors (Lipinski definition) is 0. The van der Waals surface area contributed by atoms with Crippen LogP contribution in [0.3, 0.4) is 0 Å². The zero-order valence-electron chi connectivity index (χ0n) is 30.9. The number of rotatable bonds is 4. The molecule has 6 aromatic carbocycles. The van der Waals surface area contributed by atoms with Gasteiger partial charge in [0.15, 0.2) is 0 Å². The van der Waals surface area contributed by atoms with E-state index >= 15 is 0 Å². The van der Waals surface area contributed by atoms with E-state index in [9.17, 15) is 0 Å². The number of benzene rings is 6. The molecule has 4 aliphatic rings. The van der Waals surface area contributed by atoms with Gasteiger partial charge >= 0.3 is 0 Å². The van der Waals surface area contributed by atoms with Gasteiger partial charge < -0.3 is 13.9 Å². The summed E-state index contributed by atoms with van der Waals surface area (Å²) in [4.78, 5) is 2.56. The molecule has 0 saturated heterocycles. The van der Waals surface area contributed by atoms with Crippen LogP contribution in [0.15, 0.2) is 126 Å². The monoisotopic (exact) mass is 706 g/mol. The first-order valence-electron chi connectivity index (χ1n) is 19.7. The van der Waals surface area contributed by atoms with Crippen LogP contribution in [-0.4, -0.2) is 10.6 Å². The molecule has 3 heteroatoms. The van der Waals surface area contributed by atoms with Crippen molar-refractivity contribution in [2.24, 2.45) is 5.92 Å². The number of allylic oxidation sites excluding steroid dienone is 3. The second-order valence-electron chi connectivity index (χ2n) is 15.9. The fourth-order valence-corrected chi connectivity index (χ4v) is 9.94.